The van der Waals surface area contributed by atoms with Crippen LogP contribution in [-0.2, 0) is 4.79 Å². The zero-order valence-electron chi connectivity index (χ0n) is 9.80. The van der Waals surface area contributed by atoms with Crippen molar-refractivity contribution in [2.75, 3.05) is 0 Å². The summed E-state index contributed by atoms with van der Waals surface area (Å²) in [7, 11) is 0. The highest BCUT2D eigenvalue weighted by Crippen LogP contribution is 2.30. The van der Waals surface area contributed by atoms with Crippen molar-refractivity contribution in [1.82, 2.24) is 10.3 Å². The number of benzene rings is 1. The maximum atomic E-state index is 11.0. The van der Waals surface area contributed by atoms with Crippen molar-refractivity contribution in [3.63, 3.8) is 0 Å². The summed E-state index contributed by atoms with van der Waals surface area (Å²) in [5, 5.41) is 12.2. The zero-order chi connectivity index (χ0) is 12.5. The Morgan fingerprint density at radius 1 is 1.44 bits per heavy atom. The second kappa shape index (κ2) is 4.42. The average Bonchev–Trinajstić information content (AvgIpc) is 2.87. The first-order valence-electron chi connectivity index (χ1n) is 6.06. The van der Waals surface area contributed by atoms with Crippen molar-refractivity contribution in [2.45, 2.75) is 31.3 Å². The van der Waals surface area contributed by atoms with Crippen LogP contribution in [0.15, 0.2) is 29.0 Å². The first-order valence-corrected chi connectivity index (χ1v) is 6.06. The van der Waals surface area contributed by atoms with Crippen LogP contribution in [0.1, 0.15) is 30.9 Å². The summed E-state index contributed by atoms with van der Waals surface area (Å²) in [5.41, 5.74) is 2.56. The number of hydrogen-bond donors (Lipinski definition) is 2. The lowest BCUT2D eigenvalue weighted by molar-refractivity contribution is -0.140. The van der Waals surface area contributed by atoms with Crippen molar-refractivity contribution >= 4 is 17.1 Å². The summed E-state index contributed by atoms with van der Waals surface area (Å²) in [6.45, 7) is 0. The summed E-state index contributed by atoms with van der Waals surface area (Å²) >= 11 is 0. The smallest absolute Gasteiger partial charge is 0.320 e. The van der Waals surface area contributed by atoms with E-state index < -0.39 is 12.0 Å². The molecule has 1 aliphatic heterocycles. The minimum absolute atomic E-state index is 0.0245. The lowest BCUT2D eigenvalue weighted by Gasteiger charge is -2.28. The minimum Gasteiger partial charge on any atom is -0.480 e. The van der Waals surface area contributed by atoms with Crippen LogP contribution in [0.5, 0.6) is 0 Å². The van der Waals surface area contributed by atoms with Gasteiger partial charge in [0.1, 0.15) is 11.6 Å². The van der Waals surface area contributed by atoms with Crippen molar-refractivity contribution in [3.05, 3.63) is 30.2 Å². The van der Waals surface area contributed by atoms with Gasteiger partial charge in [0.2, 0.25) is 0 Å². The van der Waals surface area contributed by atoms with Gasteiger partial charge in [0.15, 0.2) is 12.0 Å². The minimum atomic E-state index is -0.788. The summed E-state index contributed by atoms with van der Waals surface area (Å²) in [5.74, 6) is -0.788. The number of carbonyl (C=O) groups is 1. The summed E-state index contributed by atoms with van der Waals surface area (Å²) in [4.78, 5) is 15.2. The molecule has 5 heteroatoms. The number of aliphatic carboxylic acids is 1. The van der Waals surface area contributed by atoms with Crippen LogP contribution in [-0.4, -0.2) is 22.1 Å². The van der Waals surface area contributed by atoms with Crippen molar-refractivity contribution in [1.29, 1.82) is 0 Å². The van der Waals surface area contributed by atoms with Gasteiger partial charge >= 0.3 is 5.97 Å². The molecule has 18 heavy (non-hydrogen) atoms. The highest BCUT2D eigenvalue weighted by molar-refractivity contribution is 5.77. The van der Waals surface area contributed by atoms with Gasteiger partial charge in [0.05, 0.1) is 0 Å². The molecule has 94 valence electrons. The first-order chi connectivity index (χ1) is 8.75. The van der Waals surface area contributed by atoms with Crippen LogP contribution in [0, 0.1) is 0 Å². The number of rotatable bonds is 2. The molecule has 2 unspecified atom stereocenters. The number of piperidine rings is 1. The molecular formula is C13H14N2O3. The number of carboxylic acid groups (broad SMARTS) is 1. The normalized spacial score (nSPS) is 24.2. The van der Waals surface area contributed by atoms with E-state index in [4.69, 9.17) is 9.52 Å². The highest BCUT2D eigenvalue weighted by atomic mass is 16.4. The number of nitrogens with zero attached hydrogens (tertiary/aromatic N) is 1. The predicted octanol–water partition coefficient (Wildman–Crippen LogP) is 2.10. The van der Waals surface area contributed by atoms with Crippen LogP contribution >= 0.6 is 0 Å². The Morgan fingerprint density at radius 2 is 2.33 bits per heavy atom. The molecule has 1 aliphatic rings. The zero-order valence-corrected chi connectivity index (χ0v) is 9.80. The van der Waals surface area contributed by atoms with Gasteiger partial charge in [-0.3, -0.25) is 10.1 Å². The van der Waals surface area contributed by atoms with Gasteiger partial charge in [-0.05, 0) is 25.3 Å². The van der Waals surface area contributed by atoms with E-state index in [1.165, 1.54) is 6.39 Å². The third-order valence-electron chi connectivity index (χ3n) is 3.45. The van der Waals surface area contributed by atoms with Gasteiger partial charge < -0.3 is 9.52 Å². The second-order valence-corrected chi connectivity index (χ2v) is 4.59. The molecule has 0 aliphatic carbocycles. The fraction of sp³-hybridized carbons (Fsp3) is 0.385. The Kier molecular flexibility index (Phi) is 2.76. The van der Waals surface area contributed by atoms with E-state index >= 15 is 0 Å². The molecule has 0 amide bonds. The van der Waals surface area contributed by atoms with E-state index in [2.05, 4.69) is 10.3 Å². The van der Waals surface area contributed by atoms with Gasteiger partial charge in [-0.25, -0.2) is 4.98 Å². The summed E-state index contributed by atoms with van der Waals surface area (Å²) in [6.07, 6.45) is 3.92. The van der Waals surface area contributed by atoms with Crippen LogP contribution in [0.3, 0.4) is 0 Å². The number of hydrogen-bond acceptors (Lipinski definition) is 4. The Balaban J connectivity index is 1.94. The number of carboxylic acids is 1. The molecule has 0 radical (unpaired) electrons. The maximum Gasteiger partial charge on any atom is 0.320 e. The highest BCUT2D eigenvalue weighted by Gasteiger charge is 2.28. The largest absolute Gasteiger partial charge is 0.480 e. The van der Waals surface area contributed by atoms with Crippen LogP contribution in [0.2, 0.25) is 0 Å². The van der Waals surface area contributed by atoms with Gasteiger partial charge in [-0.1, -0.05) is 12.1 Å². The molecule has 1 aromatic carbocycles. The lowest BCUT2D eigenvalue weighted by Crippen LogP contribution is -2.42. The van der Waals surface area contributed by atoms with Gasteiger partial charge in [-0.2, -0.15) is 0 Å². The molecule has 0 spiro atoms. The monoisotopic (exact) mass is 246 g/mol. The first kappa shape index (κ1) is 11.2. The Labute approximate surface area is 104 Å². The fourth-order valence-corrected chi connectivity index (χ4v) is 2.56. The Hall–Kier alpha value is -1.88. The SMILES string of the molecule is O=C(O)C1CCCC(c2cccc3ncoc23)N1. The quantitative estimate of drug-likeness (QED) is 0.848. The van der Waals surface area contributed by atoms with E-state index in [1.54, 1.807) is 0 Å². The van der Waals surface area contributed by atoms with E-state index in [9.17, 15) is 4.79 Å². The molecule has 2 atom stereocenters. The molecule has 1 fully saturated rings. The van der Waals surface area contributed by atoms with E-state index in [1.807, 2.05) is 18.2 Å². The molecular weight excluding hydrogens is 232 g/mol. The third kappa shape index (κ3) is 1.86. The Morgan fingerprint density at radius 3 is 3.17 bits per heavy atom. The van der Waals surface area contributed by atoms with Crippen LogP contribution < -0.4 is 5.32 Å². The molecule has 2 heterocycles. The van der Waals surface area contributed by atoms with Crippen molar-refractivity contribution in [3.8, 4) is 0 Å². The lowest BCUT2D eigenvalue weighted by atomic mass is 9.93. The van der Waals surface area contributed by atoms with E-state index in [0.29, 0.717) is 6.42 Å². The molecule has 5 nitrogen and oxygen atoms in total. The number of aromatic nitrogens is 1. The molecule has 2 aromatic rings. The fourth-order valence-electron chi connectivity index (χ4n) is 2.56. The number of para-hydroxylation sites is 1. The molecule has 2 N–H and O–H groups in total. The Bertz CT molecular complexity index is 578. The van der Waals surface area contributed by atoms with Gasteiger partial charge in [0, 0.05) is 11.6 Å². The molecule has 1 saturated heterocycles. The van der Waals surface area contributed by atoms with Crippen LogP contribution in [0.25, 0.3) is 11.1 Å². The van der Waals surface area contributed by atoms with Gasteiger partial charge in [-0.15, -0.1) is 0 Å². The number of nitrogens with one attached hydrogen (secondary N) is 1. The van der Waals surface area contributed by atoms with Gasteiger partial charge in [0.25, 0.3) is 0 Å². The number of oxazole rings is 1. The summed E-state index contributed by atoms with van der Waals surface area (Å²) < 4.78 is 5.40. The third-order valence-corrected chi connectivity index (χ3v) is 3.45. The standard InChI is InChI=1S/C13H14N2O3/c16-13(17)11-6-2-4-9(15-11)8-3-1-5-10-12(8)18-7-14-10/h1,3,5,7,9,11,15H,2,4,6H2,(H,16,17). The maximum absolute atomic E-state index is 11.0. The molecule has 0 bridgehead atoms. The molecule has 3 rings (SSSR count). The average molecular weight is 246 g/mol. The van der Waals surface area contributed by atoms with Crippen LogP contribution in [0.4, 0.5) is 0 Å². The molecule has 0 saturated carbocycles. The predicted molar refractivity (Wildman–Crippen MR) is 65.2 cm³/mol. The molecule has 1 aromatic heterocycles. The van der Waals surface area contributed by atoms with Crippen molar-refractivity contribution < 1.29 is 14.3 Å². The number of fused-ring (bicyclic) bond motifs is 1. The summed E-state index contributed by atoms with van der Waals surface area (Å²) in [6, 6.07) is 5.33. The topological polar surface area (TPSA) is 75.4 Å². The van der Waals surface area contributed by atoms with E-state index in [-0.39, 0.29) is 6.04 Å². The van der Waals surface area contributed by atoms with Crippen molar-refractivity contribution in [2.24, 2.45) is 0 Å². The van der Waals surface area contributed by atoms with E-state index in [0.717, 1.165) is 29.5 Å². The second-order valence-electron chi connectivity index (χ2n) is 4.59.